The molecule has 15 heavy (non-hydrogen) atoms. The number of carbonyl (C=O) groups is 1. The minimum absolute atomic E-state index is 0.177. The topological polar surface area (TPSA) is 29.5 Å². The van der Waals surface area contributed by atoms with Gasteiger partial charge < -0.3 is 4.74 Å². The average Bonchev–Trinajstić information content (AvgIpc) is 2.67. The number of carbonyl (C=O) groups excluding carboxylic acids is 1. The maximum absolute atomic E-state index is 11.6. The van der Waals surface area contributed by atoms with E-state index in [-0.39, 0.29) is 12.1 Å². The van der Waals surface area contributed by atoms with Crippen LogP contribution in [-0.4, -0.2) is 30.2 Å². The highest BCUT2D eigenvalue weighted by Crippen LogP contribution is 2.17. The molecule has 3 heteroatoms. The molecule has 0 aliphatic carbocycles. The summed E-state index contributed by atoms with van der Waals surface area (Å²) in [7, 11) is 0. The Labute approximate surface area is 92.1 Å². The third kappa shape index (κ3) is 3.57. The first kappa shape index (κ1) is 12.1. The Balaban J connectivity index is 2.34. The highest BCUT2D eigenvalue weighted by molar-refractivity contribution is 5.69. The Morgan fingerprint density at radius 1 is 1.47 bits per heavy atom. The summed E-state index contributed by atoms with van der Waals surface area (Å²) in [5.41, 5.74) is 0. The molecule has 3 nitrogen and oxygen atoms in total. The van der Waals surface area contributed by atoms with Crippen LogP contribution in [0.2, 0.25) is 0 Å². The van der Waals surface area contributed by atoms with Crippen molar-refractivity contribution in [1.29, 1.82) is 0 Å². The van der Waals surface area contributed by atoms with Gasteiger partial charge in [-0.05, 0) is 13.3 Å². The van der Waals surface area contributed by atoms with Gasteiger partial charge >= 0.3 is 6.09 Å². The lowest BCUT2D eigenvalue weighted by Gasteiger charge is -2.23. The largest absolute Gasteiger partial charge is 0.450 e. The van der Waals surface area contributed by atoms with Gasteiger partial charge in [0.2, 0.25) is 0 Å². The van der Waals surface area contributed by atoms with Gasteiger partial charge in [0.1, 0.15) is 0 Å². The first-order chi connectivity index (χ1) is 7.29. The molecule has 1 amide bonds. The first-order valence-electron chi connectivity index (χ1n) is 5.89. The summed E-state index contributed by atoms with van der Waals surface area (Å²) in [6.45, 7) is 5.19. The molecule has 0 saturated carbocycles. The van der Waals surface area contributed by atoms with Crippen LogP contribution in [0.4, 0.5) is 4.79 Å². The number of ether oxygens (including phenoxy) is 1. The van der Waals surface area contributed by atoms with E-state index < -0.39 is 0 Å². The van der Waals surface area contributed by atoms with Crippen molar-refractivity contribution >= 4 is 6.09 Å². The van der Waals surface area contributed by atoms with Crippen LogP contribution >= 0.6 is 0 Å². The molecular weight excluding hydrogens is 190 g/mol. The molecule has 86 valence electrons. The molecule has 1 rings (SSSR count). The zero-order valence-electron chi connectivity index (χ0n) is 9.74. The van der Waals surface area contributed by atoms with Crippen LogP contribution in [0.15, 0.2) is 12.2 Å². The number of hydrogen-bond donors (Lipinski definition) is 0. The van der Waals surface area contributed by atoms with E-state index in [9.17, 15) is 4.79 Å². The summed E-state index contributed by atoms with van der Waals surface area (Å²) in [5.74, 6) is 0. The van der Waals surface area contributed by atoms with Gasteiger partial charge in [-0.2, -0.15) is 0 Å². The monoisotopic (exact) mass is 211 g/mol. The predicted octanol–water partition coefficient (Wildman–Crippen LogP) is 2.96. The molecule has 0 aromatic rings. The quantitative estimate of drug-likeness (QED) is 0.517. The molecular formula is C12H21NO2. The predicted molar refractivity (Wildman–Crippen MR) is 60.8 cm³/mol. The molecule has 1 unspecified atom stereocenters. The lowest BCUT2D eigenvalue weighted by Crippen LogP contribution is -2.36. The lowest BCUT2D eigenvalue weighted by atomic mass is 10.1. The standard InChI is InChI=1S/C12H21NO2/c1-3-5-6-8-11-9-7-10-13(11)12(14)15-4-2/h7,9,11H,3-6,8,10H2,1-2H3. The fourth-order valence-corrected chi connectivity index (χ4v) is 1.84. The van der Waals surface area contributed by atoms with Crippen molar-refractivity contribution in [1.82, 2.24) is 4.90 Å². The van der Waals surface area contributed by atoms with Crippen molar-refractivity contribution < 1.29 is 9.53 Å². The van der Waals surface area contributed by atoms with Gasteiger partial charge in [0.05, 0.1) is 12.6 Å². The molecule has 0 bridgehead atoms. The summed E-state index contributed by atoms with van der Waals surface area (Å²) >= 11 is 0. The van der Waals surface area contributed by atoms with E-state index in [1.54, 1.807) is 4.90 Å². The van der Waals surface area contributed by atoms with E-state index in [1.165, 1.54) is 19.3 Å². The molecule has 0 aromatic heterocycles. The van der Waals surface area contributed by atoms with Crippen molar-refractivity contribution in [3.63, 3.8) is 0 Å². The number of unbranched alkanes of at least 4 members (excludes halogenated alkanes) is 2. The molecule has 0 N–H and O–H groups in total. The summed E-state index contributed by atoms with van der Waals surface area (Å²) < 4.78 is 5.01. The molecule has 1 atom stereocenters. The number of nitrogens with zero attached hydrogens (tertiary/aromatic N) is 1. The summed E-state index contributed by atoms with van der Waals surface area (Å²) in [4.78, 5) is 13.4. The minimum Gasteiger partial charge on any atom is -0.450 e. The third-order valence-electron chi connectivity index (χ3n) is 2.67. The van der Waals surface area contributed by atoms with E-state index in [4.69, 9.17) is 4.74 Å². The van der Waals surface area contributed by atoms with Crippen molar-refractivity contribution in [2.45, 2.75) is 45.6 Å². The number of rotatable bonds is 5. The normalized spacial score (nSPS) is 19.6. The van der Waals surface area contributed by atoms with Crippen molar-refractivity contribution in [3.05, 3.63) is 12.2 Å². The molecule has 0 fully saturated rings. The Kier molecular flexibility index (Phi) is 5.22. The molecule has 1 heterocycles. The van der Waals surface area contributed by atoms with Crippen LogP contribution in [0.3, 0.4) is 0 Å². The van der Waals surface area contributed by atoms with E-state index in [0.29, 0.717) is 13.2 Å². The van der Waals surface area contributed by atoms with Gasteiger partial charge in [-0.25, -0.2) is 4.79 Å². The van der Waals surface area contributed by atoms with Crippen LogP contribution in [0.5, 0.6) is 0 Å². The maximum atomic E-state index is 11.6. The van der Waals surface area contributed by atoms with Crippen LogP contribution in [0, 0.1) is 0 Å². The molecule has 1 aliphatic rings. The van der Waals surface area contributed by atoms with Crippen molar-refractivity contribution in [3.8, 4) is 0 Å². The Hall–Kier alpha value is -0.990. The van der Waals surface area contributed by atoms with Gasteiger partial charge in [0, 0.05) is 6.54 Å². The fourth-order valence-electron chi connectivity index (χ4n) is 1.84. The zero-order chi connectivity index (χ0) is 11.1. The van der Waals surface area contributed by atoms with Gasteiger partial charge in [-0.3, -0.25) is 4.90 Å². The molecule has 1 aliphatic heterocycles. The zero-order valence-corrected chi connectivity index (χ0v) is 9.74. The van der Waals surface area contributed by atoms with Crippen LogP contribution in [-0.2, 0) is 4.74 Å². The molecule has 0 radical (unpaired) electrons. The number of amides is 1. The smallest absolute Gasteiger partial charge is 0.410 e. The molecule has 0 spiro atoms. The molecule has 0 aromatic carbocycles. The van der Waals surface area contributed by atoms with Gasteiger partial charge in [-0.1, -0.05) is 38.3 Å². The van der Waals surface area contributed by atoms with Crippen LogP contribution in [0.1, 0.15) is 39.5 Å². The second-order valence-electron chi connectivity index (χ2n) is 3.84. The fraction of sp³-hybridized carbons (Fsp3) is 0.750. The Morgan fingerprint density at radius 3 is 2.93 bits per heavy atom. The second kappa shape index (κ2) is 6.49. The molecule has 0 saturated heterocycles. The first-order valence-corrected chi connectivity index (χ1v) is 5.89. The Bertz CT molecular complexity index is 226. The highest BCUT2D eigenvalue weighted by Gasteiger charge is 2.24. The van der Waals surface area contributed by atoms with Crippen molar-refractivity contribution in [2.24, 2.45) is 0 Å². The summed E-state index contributed by atoms with van der Waals surface area (Å²) in [6.07, 6.45) is 8.69. The SMILES string of the molecule is CCCCCC1C=CCN1C(=O)OCC. The van der Waals surface area contributed by atoms with Gasteiger partial charge in [0.25, 0.3) is 0 Å². The second-order valence-corrected chi connectivity index (χ2v) is 3.84. The lowest BCUT2D eigenvalue weighted by molar-refractivity contribution is 0.104. The number of hydrogen-bond acceptors (Lipinski definition) is 2. The summed E-state index contributed by atoms with van der Waals surface area (Å²) in [5, 5.41) is 0. The summed E-state index contributed by atoms with van der Waals surface area (Å²) in [6, 6.07) is 0.260. The Morgan fingerprint density at radius 2 is 2.27 bits per heavy atom. The van der Waals surface area contributed by atoms with Crippen LogP contribution in [0.25, 0.3) is 0 Å². The van der Waals surface area contributed by atoms with Crippen LogP contribution < -0.4 is 0 Å². The van der Waals surface area contributed by atoms with Gasteiger partial charge in [0.15, 0.2) is 0 Å². The third-order valence-corrected chi connectivity index (χ3v) is 2.67. The van der Waals surface area contributed by atoms with Gasteiger partial charge in [-0.15, -0.1) is 0 Å². The van der Waals surface area contributed by atoms with E-state index in [2.05, 4.69) is 13.0 Å². The van der Waals surface area contributed by atoms with E-state index >= 15 is 0 Å². The van der Waals surface area contributed by atoms with E-state index in [0.717, 1.165) is 6.42 Å². The highest BCUT2D eigenvalue weighted by atomic mass is 16.6. The van der Waals surface area contributed by atoms with E-state index in [1.807, 2.05) is 13.0 Å². The average molecular weight is 211 g/mol. The maximum Gasteiger partial charge on any atom is 0.410 e. The van der Waals surface area contributed by atoms with Crippen molar-refractivity contribution in [2.75, 3.05) is 13.2 Å². The minimum atomic E-state index is -0.177.